The molecule has 0 aliphatic carbocycles. The fraction of sp³-hybridized carbons (Fsp3) is 0.455. The summed E-state index contributed by atoms with van der Waals surface area (Å²) in [5.74, 6) is -1.02. The number of anilines is 1. The minimum absolute atomic E-state index is 0.286. The third-order valence-electron chi connectivity index (χ3n) is 2.69. The fourth-order valence-electron chi connectivity index (χ4n) is 1.80. The second kappa shape index (κ2) is 5.19. The van der Waals surface area contributed by atoms with Gasteiger partial charge >= 0.3 is 12.0 Å². The van der Waals surface area contributed by atoms with E-state index in [1.807, 2.05) is 0 Å². The smallest absolute Gasteiger partial charge is 0.329 e. The van der Waals surface area contributed by atoms with Gasteiger partial charge in [0, 0.05) is 0 Å². The molecule has 1 aliphatic rings. The van der Waals surface area contributed by atoms with Crippen molar-refractivity contribution < 1.29 is 19.4 Å². The molecule has 0 saturated carbocycles. The zero-order valence-electron chi connectivity index (χ0n) is 10.4. The Hall–Kier alpha value is -2.22. The Morgan fingerprint density at radius 1 is 1.47 bits per heavy atom. The first-order valence-corrected chi connectivity index (χ1v) is 5.65. The maximum Gasteiger partial charge on any atom is 0.329 e. The van der Waals surface area contributed by atoms with Crippen molar-refractivity contribution in [1.82, 2.24) is 14.9 Å². The number of hydrogen-bond donors (Lipinski definition) is 2. The molecule has 1 saturated heterocycles. The topological polar surface area (TPSA) is 105 Å². The van der Waals surface area contributed by atoms with Gasteiger partial charge in [0.1, 0.15) is 18.5 Å². The summed E-state index contributed by atoms with van der Waals surface area (Å²) in [6, 6.07) is -0.286. The van der Waals surface area contributed by atoms with Crippen LogP contribution in [0.4, 0.5) is 10.5 Å². The molecule has 0 spiro atoms. The van der Waals surface area contributed by atoms with Gasteiger partial charge in [-0.25, -0.2) is 19.6 Å². The molecule has 1 aromatic heterocycles. The Morgan fingerprint density at radius 3 is 2.68 bits per heavy atom. The summed E-state index contributed by atoms with van der Waals surface area (Å²) in [5.41, 5.74) is -0.0873. The number of aliphatic carboxylic acids is 1. The van der Waals surface area contributed by atoms with Crippen molar-refractivity contribution in [3.63, 3.8) is 0 Å². The lowest BCUT2D eigenvalue weighted by Gasteiger charge is -2.46. The van der Waals surface area contributed by atoms with E-state index >= 15 is 0 Å². The number of urea groups is 1. The highest BCUT2D eigenvalue weighted by Crippen LogP contribution is 2.25. The lowest BCUT2D eigenvalue weighted by atomic mass is 9.97. The van der Waals surface area contributed by atoms with E-state index in [0.717, 1.165) is 0 Å². The zero-order chi connectivity index (χ0) is 13.9. The van der Waals surface area contributed by atoms with Crippen LogP contribution in [0.1, 0.15) is 6.92 Å². The second-order valence-corrected chi connectivity index (χ2v) is 4.55. The number of rotatable bonds is 4. The SMILES string of the molecule is CC1(OCC(=O)O)CN(C(=O)Nc2cncnc2)C1. The summed E-state index contributed by atoms with van der Waals surface area (Å²) in [4.78, 5) is 31.3. The first-order valence-electron chi connectivity index (χ1n) is 5.65. The van der Waals surface area contributed by atoms with Crippen LogP contribution in [0.3, 0.4) is 0 Å². The van der Waals surface area contributed by atoms with Crippen molar-refractivity contribution in [1.29, 1.82) is 0 Å². The molecule has 1 fully saturated rings. The van der Waals surface area contributed by atoms with Crippen LogP contribution < -0.4 is 5.32 Å². The Balaban J connectivity index is 1.80. The highest BCUT2D eigenvalue weighted by atomic mass is 16.5. The van der Waals surface area contributed by atoms with Crippen molar-refractivity contribution in [2.24, 2.45) is 0 Å². The van der Waals surface area contributed by atoms with Gasteiger partial charge in [-0.15, -0.1) is 0 Å². The maximum atomic E-state index is 11.8. The van der Waals surface area contributed by atoms with Gasteiger partial charge in [0.2, 0.25) is 0 Å². The van der Waals surface area contributed by atoms with Gasteiger partial charge in [0.25, 0.3) is 0 Å². The van der Waals surface area contributed by atoms with Crippen LogP contribution in [0.15, 0.2) is 18.7 Å². The van der Waals surface area contributed by atoms with Gasteiger partial charge in [-0.05, 0) is 6.92 Å². The monoisotopic (exact) mass is 266 g/mol. The van der Waals surface area contributed by atoms with Gasteiger partial charge in [-0.2, -0.15) is 0 Å². The quantitative estimate of drug-likeness (QED) is 0.805. The predicted molar refractivity (Wildman–Crippen MR) is 64.6 cm³/mol. The zero-order valence-corrected chi connectivity index (χ0v) is 10.4. The number of carbonyl (C=O) groups is 2. The van der Waals surface area contributed by atoms with Crippen LogP contribution in [0.2, 0.25) is 0 Å². The highest BCUT2D eigenvalue weighted by molar-refractivity contribution is 5.89. The first kappa shape index (κ1) is 13.2. The standard InChI is InChI=1S/C11H14N4O4/c1-11(19-4-9(16)17)5-15(6-11)10(18)14-8-2-12-7-13-3-8/h2-3,7H,4-6H2,1H3,(H,14,18)(H,16,17). The molecule has 0 aromatic carbocycles. The van der Waals surface area contributed by atoms with Gasteiger partial charge in [-0.1, -0.05) is 0 Å². The number of carboxylic acids is 1. The molecule has 1 aromatic rings. The van der Waals surface area contributed by atoms with E-state index in [0.29, 0.717) is 18.8 Å². The van der Waals surface area contributed by atoms with Crippen LogP contribution in [0, 0.1) is 0 Å². The molecule has 0 unspecified atom stereocenters. The van der Waals surface area contributed by atoms with Crippen molar-refractivity contribution in [2.75, 3.05) is 25.0 Å². The second-order valence-electron chi connectivity index (χ2n) is 4.55. The molecule has 2 amide bonds. The van der Waals surface area contributed by atoms with E-state index in [2.05, 4.69) is 15.3 Å². The molecular formula is C11H14N4O4. The van der Waals surface area contributed by atoms with E-state index in [4.69, 9.17) is 9.84 Å². The molecule has 2 heterocycles. The first-order chi connectivity index (χ1) is 8.98. The van der Waals surface area contributed by atoms with Crippen LogP contribution in [-0.4, -0.2) is 57.3 Å². The number of carbonyl (C=O) groups excluding carboxylic acids is 1. The van der Waals surface area contributed by atoms with Crippen LogP contribution >= 0.6 is 0 Å². The number of ether oxygens (including phenoxy) is 1. The molecule has 0 atom stereocenters. The minimum atomic E-state index is -1.02. The Labute approximate surface area is 109 Å². The number of carboxylic acid groups (broad SMARTS) is 1. The summed E-state index contributed by atoms with van der Waals surface area (Å²) in [6.07, 6.45) is 4.35. The third kappa shape index (κ3) is 3.38. The summed E-state index contributed by atoms with van der Waals surface area (Å²) in [7, 11) is 0. The van der Waals surface area contributed by atoms with E-state index in [-0.39, 0.29) is 12.6 Å². The van der Waals surface area contributed by atoms with E-state index in [1.54, 1.807) is 6.92 Å². The van der Waals surface area contributed by atoms with Crippen molar-refractivity contribution >= 4 is 17.7 Å². The number of amides is 2. The van der Waals surface area contributed by atoms with Crippen LogP contribution in [0.5, 0.6) is 0 Å². The molecule has 0 radical (unpaired) electrons. The van der Waals surface area contributed by atoms with Gasteiger partial charge in [-0.3, -0.25) is 0 Å². The summed E-state index contributed by atoms with van der Waals surface area (Å²) >= 11 is 0. The Kier molecular flexibility index (Phi) is 3.61. The molecular weight excluding hydrogens is 252 g/mol. The van der Waals surface area contributed by atoms with Gasteiger partial charge < -0.3 is 20.1 Å². The molecule has 19 heavy (non-hydrogen) atoms. The van der Waals surface area contributed by atoms with Crippen molar-refractivity contribution in [3.05, 3.63) is 18.7 Å². The molecule has 8 heteroatoms. The fourth-order valence-corrected chi connectivity index (χ4v) is 1.80. The maximum absolute atomic E-state index is 11.8. The largest absolute Gasteiger partial charge is 0.480 e. The predicted octanol–water partition coefficient (Wildman–Crippen LogP) is 0.184. The minimum Gasteiger partial charge on any atom is -0.480 e. The summed E-state index contributed by atoms with van der Waals surface area (Å²) < 4.78 is 5.21. The Bertz CT molecular complexity index is 473. The molecule has 2 rings (SSSR count). The molecule has 0 bridgehead atoms. The highest BCUT2D eigenvalue weighted by Gasteiger charge is 2.42. The number of hydrogen-bond acceptors (Lipinski definition) is 5. The van der Waals surface area contributed by atoms with Crippen molar-refractivity contribution in [2.45, 2.75) is 12.5 Å². The Morgan fingerprint density at radius 2 is 2.11 bits per heavy atom. The molecule has 8 nitrogen and oxygen atoms in total. The van der Waals surface area contributed by atoms with E-state index in [1.165, 1.54) is 23.6 Å². The molecule has 2 N–H and O–H groups in total. The van der Waals surface area contributed by atoms with Gasteiger partial charge in [0.15, 0.2) is 0 Å². The van der Waals surface area contributed by atoms with Gasteiger partial charge in [0.05, 0.1) is 31.2 Å². The number of likely N-dealkylation sites (tertiary alicyclic amines) is 1. The third-order valence-corrected chi connectivity index (χ3v) is 2.69. The summed E-state index contributed by atoms with van der Waals surface area (Å²) in [5, 5.41) is 11.2. The average Bonchev–Trinajstić information content (AvgIpc) is 2.34. The summed E-state index contributed by atoms with van der Waals surface area (Å²) in [6.45, 7) is 2.10. The molecule has 1 aliphatic heterocycles. The normalized spacial score (nSPS) is 16.6. The lowest BCUT2D eigenvalue weighted by molar-refractivity contribution is -0.159. The molecule has 102 valence electrons. The van der Waals surface area contributed by atoms with E-state index < -0.39 is 11.6 Å². The van der Waals surface area contributed by atoms with E-state index in [9.17, 15) is 9.59 Å². The number of aromatic nitrogens is 2. The lowest BCUT2D eigenvalue weighted by Crippen LogP contribution is -2.64. The van der Waals surface area contributed by atoms with Crippen LogP contribution in [0.25, 0.3) is 0 Å². The average molecular weight is 266 g/mol. The number of nitrogens with zero attached hydrogens (tertiary/aromatic N) is 3. The van der Waals surface area contributed by atoms with Crippen molar-refractivity contribution in [3.8, 4) is 0 Å². The van der Waals surface area contributed by atoms with Crippen LogP contribution in [-0.2, 0) is 9.53 Å². The number of nitrogens with one attached hydrogen (secondary N) is 1.